The first kappa shape index (κ1) is 17.6. The number of aliphatic hydroxyl groups excluding tert-OH is 1. The van der Waals surface area contributed by atoms with Crippen LogP contribution in [-0.2, 0) is 11.2 Å². The van der Waals surface area contributed by atoms with Crippen molar-refractivity contribution in [3.05, 3.63) is 71.0 Å². The molecule has 0 fully saturated rings. The fraction of sp³-hybridized carbons (Fsp3) is 0.350. The minimum Gasteiger partial charge on any atom is -0.392 e. The topological polar surface area (TPSA) is 52.6 Å². The van der Waals surface area contributed by atoms with E-state index in [2.05, 4.69) is 11.4 Å². The third-order valence-corrected chi connectivity index (χ3v) is 4.51. The Kier molecular flexibility index (Phi) is 5.46. The highest BCUT2D eigenvalue weighted by molar-refractivity contribution is 5.79. The van der Waals surface area contributed by atoms with Crippen molar-refractivity contribution in [2.45, 2.75) is 25.5 Å². The summed E-state index contributed by atoms with van der Waals surface area (Å²) in [5.41, 5.74) is 3.21. The average molecular weight is 342 g/mol. The van der Waals surface area contributed by atoms with Crippen molar-refractivity contribution in [2.75, 3.05) is 19.6 Å². The van der Waals surface area contributed by atoms with E-state index in [1.807, 2.05) is 23.1 Å². The molecule has 25 heavy (non-hydrogen) atoms. The summed E-state index contributed by atoms with van der Waals surface area (Å²) in [4.78, 5) is 14.6. The molecule has 0 aliphatic carbocycles. The van der Waals surface area contributed by atoms with Crippen molar-refractivity contribution in [2.24, 2.45) is 0 Å². The van der Waals surface area contributed by atoms with E-state index in [1.165, 1.54) is 17.7 Å². The predicted molar refractivity (Wildman–Crippen MR) is 94.7 cm³/mol. The van der Waals surface area contributed by atoms with Crippen LogP contribution in [0.4, 0.5) is 4.39 Å². The van der Waals surface area contributed by atoms with Crippen LogP contribution in [-0.4, -0.2) is 41.7 Å². The van der Waals surface area contributed by atoms with Gasteiger partial charge in [0.05, 0.1) is 18.7 Å². The SMILES string of the molecule is C[C@@H](O)CNCC(=O)N1CCc2ccccc2C1c1ccc(F)cc1. The second kappa shape index (κ2) is 7.76. The van der Waals surface area contributed by atoms with E-state index in [9.17, 15) is 14.3 Å². The van der Waals surface area contributed by atoms with Crippen LogP contribution in [0.25, 0.3) is 0 Å². The Morgan fingerprint density at radius 1 is 1.28 bits per heavy atom. The maximum atomic E-state index is 13.3. The molecule has 4 nitrogen and oxygen atoms in total. The van der Waals surface area contributed by atoms with Gasteiger partial charge in [0.25, 0.3) is 0 Å². The van der Waals surface area contributed by atoms with E-state index >= 15 is 0 Å². The van der Waals surface area contributed by atoms with E-state index in [0.717, 1.165) is 17.5 Å². The molecule has 5 heteroatoms. The van der Waals surface area contributed by atoms with Crippen LogP contribution in [0.1, 0.15) is 29.7 Å². The molecule has 1 unspecified atom stereocenters. The number of carbonyl (C=O) groups is 1. The highest BCUT2D eigenvalue weighted by Gasteiger charge is 2.31. The molecule has 2 atom stereocenters. The van der Waals surface area contributed by atoms with Crippen molar-refractivity contribution >= 4 is 5.91 Å². The van der Waals surface area contributed by atoms with Crippen molar-refractivity contribution in [3.8, 4) is 0 Å². The Bertz CT molecular complexity index is 731. The fourth-order valence-corrected chi connectivity index (χ4v) is 3.33. The largest absolute Gasteiger partial charge is 0.392 e. The number of fused-ring (bicyclic) bond motifs is 1. The lowest BCUT2D eigenvalue weighted by Gasteiger charge is -2.38. The molecule has 0 saturated heterocycles. The Balaban J connectivity index is 1.89. The maximum absolute atomic E-state index is 13.3. The fourth-order valence-electron chi connectivity index (χ4n) is 3.33. The van der Waals surface area contributed by atoms with Crippen LogP contribution in [0.2, 0.25) is 0 Å². The van der Waals surface area contributed by atoms with Crippen LogP contribution in [0, 0.1) is 5.82 Å². The summed E-state index contributed by atoms with van der Waals surface area (Å²) in [6.45, 7) is 2.84. The lowest BCUT2D eigenvalue weighted by molar-refractivity contribution is -0.132. The second-order valence-corrected chi connectivity index (χ2v) is 6.47. The number of aliphatic hydroxyl groups is 1. The average Bonchev–Trinajstić information content (AvgIpc) is 2.61. The van der Waals surface area contributed by atoms with Gasteiger partial charge in [-0.1, -0.05) is 36.4 Å². The number of carbonyl (C=O) groups excluding carboxylic acids is 1. The normalized spacial score (nSPS) is 17.9. The zero-order chi connectivity index (χ0) is 17.8. The van der Waals surface area contributed by atoms with Gasteiger partial charge in [0.1, 0.15) is 5.82 Å². The summed E-state index contributed by atoms with van der Waals surface area (Å²) in [7, 11) is 0. The summed E-state index contributed by atoms with van der Waals surface area (Å²) in [6.07, 6.45) is 0.304. The minimum atomic E-state index is -0.497. The van der Waals surface area contributed by atoms with E-state index in [1.54, 1.807) is 19.1 Å². The number of nitrogens with one attached hydrogen (secondary N) is 1. The molecule has 3 rings (SSSR count). The number of benzene rings is 2. The molecule has 132 valence electrons. The maximum Gasteiger partial charge on any atom is 0.237 e. The Morgan fingerprint density at radius 2 is 2.00 bits per heavy atom. The van der Waals surface area contributed by atoms with Gasteiger partial charge in [-0.3, -0.25) is 4.79 Å². The van der Waals surface area contributed by atoms with E-state index in [-0.39, 0.29) is 24.3 Å². The summed E-state index contributed by atoms with van der Waals surface area (Å²) in [6, 6.07) is 14.2. The molecule has 2 N–H and O–H groups in total. The van der Waals surface area contributed by atoms with Crippen molar-refractivity contribution in [1.82, 2.24) is 10.2 Å². The molecule has 1 heterocycles. The molecule has 0 radical (unpaired) electrons. The van der Waals surface area contributed by atoms with Gasteiger partial charge in [-0.15, -0.1) is 0 Å². The Morgan fingerprint density at radius 3 is 2.72 bits per heavy atom. The van der Waals surface area contributed by atoms with Crippen LogP contribution in [0.5, 0.6) is 0 Å². The van der Waals surface area contributed by atoms with Gasteiger partial charge in [0.15, 0.2) is 0 Å². The predicted octanol–water partition coefficient (Wildman–Crippen LogP) is 2.27. The van der Waals surface area contributed by atoms with Crippen molar-refractivity contribution in [1.29, 1.82) is 0 Å². The minimum absolute atomic E-state index is 0.0236. The van der Waals surface area contributed by atoms with Crippen molar-refractivity contribution < 1.29 is 14.3 Å². The highest BCUT2D eigenvalue weighted by atomic mass is 19.1. The zero-order valence-electron chi connectivity index (χ0n) is 14.3. The number of halogens is 1. The third-order valence-electron chi connectivity index (χ3n) is 4.51. The molecule has 0 saturated carbocycles. The molecule has 2 aromatic rings. The smallest absolute Gasteiger partial charge is 0.237 e. The molecule has 2 aromatic carbocycles. The Hall–Kier alpha value is -2.24. The number of hydrogen-bond acceptors (Lipinski definition) is 3. The zero-order valence-corrected chi connectivity index (χ0v) is 14.3. The van der Waals surface area contributed by atoms with Crippen LogP contribution in [0.15, 0.2) is 48.5 Å². The van der Waals surface area contributed by atoms with Gasteiger partial charge in [-0.05, 0) is 42.2 Å². The summed E-state index contributed by atoms with van der Waals surface area (Å²) in [5, 5.41) is 12.3. The van der Waals surface area contributed by atoms with E-state index < -0.39 is 6.10 Å². The lowest BCUT2D eigenvalue weighted by atomic mass is 9.88. The molecule has 0 aromatic heterocycles. The molecule has 1 amide bonds. The van der Waals surface area contributed by atoms with Gasteiger partial charge in [0.2, 0.25) is 5.91 Å². The number of hydrogen-bond donors (Lipinski definition) is 2. The van der Waals surface area contributed by atoms with Crippen LogP contribution in [0.3, 0.4) is 0 Å². The van der Waals surface area contributed by atoms with E-state index in [0.29, 0.717) is 13.1 Å². The standard InChI is InChI=1S/C20H23FN2O2/c1-14(24)12-22-13-19(25)23-11-10-15-4-2-3-5-18(15)20(23)16-6-8-17(21)9-7-16/h2-9,14,20,22,24H,10-13H2,1H3/t14-,20?/m1/s1. The van der Waals surface area contributed by atoms with Gasteiger partial charge >= 0.3 is 0 Å². The molecular weight excluding hydrogens is 319 g/mol. The monoisotopic (exact) mass is 342 g/mol. The van der Waals surface area contributed by atoms with Crippen molar-refractivity contribution in [3.63, 3.8) is 0 Å². The molecule has 0 bridgehead atoms. The molecule has 0 spiro atoms. The molecule has 1 aliphatic rings. The highest BCUT2D eigenvalue weighted by Crippen LogP contribution is 2.35. The first-order valence-corrected chi connectivity index (χ1v) is 8.58. The summed E-state index contributed by atoms with van der Waals surface area (Å²) < 4.78 is 13.3. The molecular formula is C20H23FN2O2. The first-order chi connectivity index (χ1) is 12.1. The van der Waals surface area contributed by atoms with Gasteiger partial charge in [-0.25, -0.2) is 4.39 Å². The number of amides is 1. The van der Waals surface area contributed by atoms with E-state index in [4.69, 9.17) is 0 Å². The Labute approximate surface area is 147 Å². The third kappa shape index (κ3) is 4.06. The van der Waals surface area contributed by atoms with Gasteiger partial charge in [-0.2, -0.15) is 0 Å². The lowest BCUT2D eigenvalue weighted by Crippen LogP contribution is -2.45. The van der Waals surface area contributed by atoms with Crippen LogP contribution >= 0.6 is 0 Å². The number of rotatable bonds is 5. The quantitative estimate of drug-likeness (QED) is 0.876. The van der Waals surface area contributed by atoms with Gasteiger partial charge < -0.3 is 15.3 Å². The number of nitrogens with zero attached hydrogens (tertiary/aromatic N) is 1. The first-order valence-electron chi connectivity index (χ1n) is 8.58. The second-order valence-electron chi connectivity index (χ2n) is 6.47. The summed E-state index contributed by atoms with van der Waals surface area (Å²) in [5.74, 6) is -0.311. The summed E-state index contributed by atoms with van der Waals surface area (Å²) >= 11 is 0. The van der Waals surface area contributed by atoms with Crippen LogP contribution < -0.4 is 5.32 Å². The molecule has 1 aliphatic heterocycles. The van der Waals surface area contributed by atoms with Gasteiger partial charge in [0, 0.05) is 13.1 Å².